The van der Waals surface area contributed by atoms with Gasteiger partial charge in [-0.15, -0.1) is 0 Å². The second kappa shape index (κ2) is 7.27. The molecule has 1 unspecified atom stereocenters. The molecular formula is C16H24. The van der Waals surface area contributed by atoms with E-state index in [0.717, 1.165) is 6.42 Å². The van der Waals surface area contributed by atoms with E-state index in [1.807, 2.05) is 0 Å². The van der Waals surface area contributed by atoms with E-state index in [4.69, 9.17) is 0 Å². The summed E-state index contributed by atoms with van der Waals surface area (Å²) in [5.74, 6) is 0.645. The molecule has 0 saturated heterocycles. The molecular weight excluding hydrogens is 192 g/mol. The average Bonchev–Trinajstić information content (AvgIpc) is 2.28. The Hall–Kier alpha value is -1.04. The van der Waals surface area contributed by atoms with Crippen molar-refractivity contribution in [2.75, 3.05) is 0 Å². The summed E-state index contributed by atoms with van der Waals surface area (Å²) in [6.07, 6.45) is 9.36. The molecule has 0 fully saturated rings. The van der Waals surface area contributed by atoms with Gasteiger partial charge in [0.15, 0.2) is 0 Å². The predicted octanol–water partition coefficient (Wildman–Crippen LogP) is 4.78. The minimum atomic E-state index is 0.645. The van der Waals surface area contributed by atoms with E-state index in [2.05, 4.69) is 57.2 Å². The van der Waals surface area contributed by atoms with Gasteiger partial charge in [0.1, 0.15) is 0 Å². The summed E-state index contributed by atoms with van der Waals surface area (Å²) in [4.78, 5) is 0. The number of aryl methyl sites for hydroxylation is 1. The summed E-state index contributed by atoms with van der Waals surface area (Å²) in [5, 5.41) is 0. The van der Waals surface area contributed by atoms with Crippen LogP contribution in [-0.4, -0.2) is 0 Å². The molecule has 0 bridgehead atoms. The minimum absolute atomic E-state index is 0.645. The van der Waals surface area contributed by atoms with Gasteiger partial charge in [0.25, 0.3) is 0 Å². The van der Waals surface area contributed by atoms with Gasteiger partial charge < -0.3 is 0 Å². The molecule has 1 rings (SSSR count). The Morgan fingerprint density at radius 2 is 1.75 bits per heavy atom. The van der Waals surface area contributed by atoms with E-state index < -0.39 is 0 Å². The third-order valence-electron chi connectivity index (χ3n) is 2.92. The van der Waals surface area contributed by atoms with Crippen molar-refractivity contribution in [3.05, 3.63) is 47.5 Å². The fourth-order valence-electron chi connectivity index (χ4n) is 1.99. The monoisotopic (exact) mass is 216 g/mol. The molecule has 0 aromatic heterocycles. The predicted molar refractivity (Wildman–Crippen MR) is 72.7 cm³/mol. The largest absolute Gasteiger partial charge is 0.0914 e. The molecule has 0 heterocycles. The van der Waals surface area contributed by atoms with E-state index in [1.165, 1.54) is 30.4 Å². The van der Waals surface area contributed by atoms with Crippen molar-refractivity contribution >= 4 is 0 Å². The maximum atomic E-state index is 2.29. The normalized spacial score (nSPS) is 13.2. The van der Waals surface area contributed by atoms with Crippen LogP contribution in [0.1, 0.15) is 44.7 Å². The first-order valence-corrected chi connectivity index (χ1v) is 6.47. The molecule has 1 atom stereocenters. The van der Waals surface area contributed by atoms with E-state index in [0.29, 0.717) is 5.92 Å². The molecule has 1 aromatic carbocycles. The van der Waals surface area contributed by atoms with Crippen LogP contribution in [0.4, 0.5) is 0 Å². The van der Waals surface area contributed by atoms with Crippen molar-refractivity contribution < 1.29 is 0 Å². The van der Waals surface area contributed by atoms with Crippen molar-refractivity contribution in [3.63, 3.8) is 0 Å². The van der Waals surface area contributed by atoms with E-state index >= 15 is 0 Å². The van der Waals surface area contributed by atoms with Gasteiger partial charge in [-0.1, -0.05) is 56.7 Å². The number of unbranched alkanes of at least 4 members (excludes halogenated alkanes) is 1. The lowest BCUT2D eigenvalue weighted by Gasteiger charge is -2.07. The standard InChI is InChI=1S/C16H24/c1-4-6-8-15-9-11-16(12-10-15)13-14(3)7-5-2/h5,7,9-12,14H,4,6,8,13H2,1-3H3/b7-5-. The number of allylic oxidation sites excluding steroid dienone is 2. The molecule has 16 heavy (non-hydrogen) atoms. The smallest absolute Gasteiger partial charge is 0.0218 e. The average molecular weight is 216 g/mol. The van der Waals surface area contributed by atoms with Gasteiger partial charge in [0, 0.05) is 0 Å². The third-order valence-corrected chi connectivity index (χ3v) is 2.92. The molecule has 0 aliphatic carbocycles. The fourth-order valence-corrected chi connectivity index (χ4v) is 1.99. The molecule has 0 nitrogen and oxygen atoms in total. The highest BCUT2D eigenvalue weighted by Gasteiger charge is 1.99. The van der Waals surface area contributed by atoms with Crippen LogP contribution in [0.25, 0.3) is 0 Å². The lowest BCUT2D eigenvalue weighted by atomic mass is 9.99. The first-order chi connectivity index (χ1) is 7.76. The summed E-state index contributed by atoms with van der Waals surface area (Å²) in [6.45, 7) is 6.60. The molecule has 0 heteroatoms. The lowest BCUT2D eigenvalue weighted by Crippen LogP contribution is -1.96. The first kappa shape index (κ1) is 13.0. The molecule has 0 spiro atoms. The van der Waals surface area contributed by atoms with Gasteiger partial charge in [-0.3, -0.25) is 0 Å². The highest BCUT2D eigenvalue weighted by Crippen LogP contribution is 2.12. The maximum Gasteiger partial charge on any atom is -0.0218 e. The second-order valence-corrected chi connectivity index (χ2v) is 4.63. The van der Waals surface area contributed by atoms with Gasteiger partial charge in [-0.2, -0.15) is 0 Å². The lowest BCUT2D eigenvalue weighted by molar-refractivity contribution is 0.721. The van der Waals surface area contributed by atoms with Gasteiger partial charge in [-0.05, 0) is 43.2 Å². The Labute approximate surface area is 100 Å². The Morgan fingerprint density at radius 3 is 2.31 bits per heavy atom. The van der Waals surface area contributed by atoms with Crippen LogP contribution in [0.2, 0.25) is 0 Å². The molecule has 1 aromatic rings. The quantitative estimate of drug-likeness (QED) is 0.600. The summed E-state index contributed by atoms with van der Waals surface area (Å²) in [6, 6.07) is 9.14. The Balaban J connectivity index is 2.50. The van der Waals surface area contributed by atoms with Crippen LogP contribution in [0.5, 0.6) is 0 Å². The molecule has 0 saturated carbocycles. The van der Waals surface area contributed by atoms with Crippen molar-refractivity contribution in [1.29, 1.82) is 0 Å². The Morgan fingerprint density at radius 1 is 1.12 bits per heavy atom. The van der Waals surface area contributed by atoms with Crippen LogP contribution >= 0.6 is 0 Å². The molecule has 0 radical (unpaired) electrons. The van der Waals surface area contributed by atoms with Crippen molar-refractivity contribution in [2.45, 2.75) is 46.5 Å². The van der Waals surface area contributed by atoms with Crippen LogP contribution in [-0.2, 0) is 12.8 Å². The number of hydrogen-bond donors (Lipinski definition) is 0. The third kappa shape index (κ3) is 4.65. The SMILES string of the molecule is C/C=C\C(C)Cc1ccc(CCCC)cc1. The van der Waals surface area contributed by atoms with Crippen LogP contribution in [0, 0.1) is 5.92 Å². The molecule has 0 amide bonds. The van der Waals surface area contributed by atoms with Gasteiger partial charge >= 0.3 is 0 Å². The summed E-state index contributed by atoms with van der Waals surface area (Å²) < 4.78 is 0. The highest BCUT2D eigenvalue weighted by atomic mass is 14.0. The van der Waals surface area contributed by atoms with Crippen LogP contribution in [0.15, 0.2) is 36.4 Å². The van der Waals surface area contributed by atoms with Gasteiger partial charge in [-0.25, -0.2) is 0 Å². The second-order valence-electron chi connectivity index (χ2n) is 4.63. The zero-order valence-electron chi connectivity index (χ0n) is 10.9. The summed E-state index contributed by atoms with van der Waals surface area (Å²) in [7, 11) is 0. The van der Waals surface area contributed by atoms with Crippen LogP contribution in [0.3, 0.4) is 0 Å². The molecule has 0 aliphatic rings. The number of hydrogen-bond acceptors (Lipinski definition) is 0. The van der Waals surface area contributed by atoms with Crippen molar-refractivity contribution in [2.24, 2.45) is 5.92 Å². The highest BCUT2D eigenvalue weighted by molar-refractivity contribution is 5.23. The minimum Gasteiger partial charge on any atom is -0.0914 e. The van der Waals surface area contributed by atoms with Crippen molar-refractivity contribution in [3.8, 4) is 0 Å². The Bertz CT molecular complexity index is 305. The van der Waals surface area contributed by atoms with Crippen molar-refractivity contribution in [1.82, 2.24) is 0 Å². The number of benzene rings is 1. The van der Waals surface area contributed by atoms with Gasteiger partial charge in [0.2, 0.25) is 0 Å². The zero-order chi connectivity index (χ0) is 11.8. The topological polar surface area (TPSA) is 0 Å². The Kier molecular flexibility index (Phi) is 5.92. The first-order valence-electron chi connectivity index (χ1n) is 6.47. The fraction of sp³-hybridized carbons (Fsp3) is 0.500. The molecule has 0 N–H and O–H groups in total. The molecule has 0 aliphatic heterocycles. The van der Waals surface area contributed by atoms with E-state index in [-0.39, 0.29) is 0 Å². The summed E-state index contributed by atoms with van der Waals surface area (Å²) in [5.41, 5.74) is 2.93. The number of rotatable bonds is 6. The van der Waals surface area contributed by atoms with Crippen LogP contribution < -0.4 is 0 Å². The summed E-state index contributed by atoms with van der Waals surface area (Å²) >= 11 is 0. The maximum absolute atomic E-state index is 2.29. The van der Waals surface area contributed by atoms with Gasteiger partial charge in [0.05, 0.1) is 0 Å². The molecule has 88 valence electrons. The van der Waals surface area contributed by atoms with E-state index in [1.54, 1.807) is 0 Å². The van der Waals surface area contributed by atoms with E-state index in [9.17, 15) is 0 Å². The zero-order valence-corrected chi connectivity index (χ0v) is 10.9.